The normalized spacial score (nSPS) is 12.1. The van der Waals surface area contributed by atoms with Crippen molar-refractivity contribution in [2.45, 2.75) is 91.4 Å². The number of allylic oxidation sites excluding steroid dienone is 2. The average Bonchev–Trinajstić information content (AvgIpc) is 2.31. The summed E-state index contributed by atoms with van der Waals surface area (Å²) in [6.07, 6.45) is 17.6. The Hall–Kier alpha value is -0.260. The molecule has 0 saturated heterocycles. The summed E-state index contributed by atoms with van der Waals surface area (Å²) >= 11 is 0. The van der Waals surface area contributed by atoms with Gasteiger partial charge in [0.15, 0.2) is 0 Å². The molecule has 0 spiro atoms. The van der Waals surface area contributed by atoms with Gasteiger partial charge >= 0.3 is 0 Å². The molecule has 96 valence electrons. The first-order valence-corrected chi connectivity index (χ1v) is 7.53. The lowest BCUT2D eigenvalue weighted by Gasteiger charge is -2.07. The lowest BCUT2D eigenvalue weighted by Crippen LogP contribution is -1.87. The molecule has 0 unspecified atom stereocenters. The second kappa shape index (κ2) is 12.8. The van der Waals surface area contributed by atoms with Crippen LogP contribution in [0.1, 0.15) is 91.4 Å². The van der Waals surface area contributed by atoms with Crippen molar-refractivity contribution in [1.82, 2.24) is 0 Å². The Labute approximate surface area is 104 Å². The van der Waals surface area contributed by atoms with E-state index in [-0.39, 0.29) is 0 Å². The molecular weight excluding hydrogens is 192 g/mol. The predicted molar refractivity (Wildman–Crippen MR) is 75.9 cm³/mol. The zero-order valence-corrected chi connectivity index (χ0v) is 11.9. The van der Waals surface area contributed by atoms with Crippen LogP contribution in [-0.2, 0) is 0 Å². The molecular formula is C16H32. The summed E-state index contributed by atoms with van der Waals surface area (Å²) in [5.41, 5.74) is 1.74. The fourth-order valence-corrected chi connectivity index (χ4v) is 2.04. The van der Waals surface area contributed by atoms with Gasteiger partial charge in [0.1, 0.15) is 0 Å². The average molecular weight is 224 g/mol. The van der Waals surface area contributed by atoms with E-state index < -0.39 is 0 Å². The van der Waals surface area contributed by atoms with Crippen LogP contribution in [0.3, 0.4) is 0 Å². The molecule has 0 aromatic heterocycles. The van der Waals surface area contributed by atoms with Gasteiger partial charge in [-0.3, -0.25) is 0 Å². The van der Waals surface area contributed by atoms with Crippen LogP contribution in [0.15, 0.2) is 11.6 Å². The molecule has 16 heavy (non-hydrogen) atoms. The van der Waals surface area contributed by atoms with Crippen molar-refractivity contribution in [1.29, 1.82) is 0 Å². The topological polar surface area (TPSA) is 0 Å². The van der Waals surface area contributed by atoms with Crippen LogP contribution in [0, 0.1) is 0 Å². The standard InChI is InChI=1S/C16H32/c1-4-7-10-12-15-16(13-9-6-3)14-11-8-5-2/h15H,4-14H2,1-3H3/b16-15+. The van der Waals surface area contributed by atoms with Gasteiger partial charge in [-0.1, -0.05) is 64.5 Å². The zero-order chi connectivity index (χ0) is 12.1. The Morgan fingerprint density at radius 2 is 1.25 bits per heavy atom. The van der Waals surface area contributed by atoms with Gasteiger partial charge in [0.2, 0.25) is 0 Å². The fourth-order valence-electron chi connectivity index (χ4n) is 2.04. The third-order valence-electron chi connectivity index (χ3n) is 3.19. The number of hydrogen-bond acceptors (Lipinski definition) is 0. The van der Waals surface area contributed by atoms with E-state index in [1.165, 1.54) is 70.6 Å². The van der Waals surface area contributed by atoms with Crippen LogP contribution < -0.4 is 0 Å². The van der Waals surface area contributed by atoms with Crippen LogP contribution in [-0.4, -0.2) is 0 Å². The molecule has 0 saturated carbocycles. The fraction of sp³-hybridized carbons (Fsp3) is 0.875. The molecule has 0 heteroatoms. The van der Waals surface area contributed by atoms with Gasteiger partial charge in [0.05, 0.1) is 0 Å². The smallest absolute Gasteiger partial charge is 0.0320 e. The third-order valence-corrected chi connectivity index (χ3v) is 3.19. The lowest BCUT2D eigenvalue weighted by molar-refractivity contribution is 0.667. The second-order valence-corrected chi connectivity index (χ2v) is 4.92. The van der Waals surface area contributed by atoms with Crippen molar-refractivity contribution in [3.8, 4) is 0 Å². The molecule has 0 aliphatic rings. The number of rotatable bonds is 11. The van der Waals surface area contributed by atoms with E-state index in [9.17, 15) is 0 Å². The molecule has 0 radical (unpaired) electrons. The summed E-state index contributed by atoms with van der Waals surface area (Å²) in [6.45, 7) is 6.86. The quantitative estimate of drug-likeness (QED) is 0.287. The summed E-state index contributed by atoms with van der Waals surface area (Å²) in [5, 5.41) is 0. The van der Waals surface area contributed by atoms with Crippen LogP contribution >= 0.6 is 0 Å². The first kappa shape index (κ1) is 15.7. The molecule has 0 amide bonds. The van der Waals surface area contributed by atoms with Crippen molar-refractivity contribution >= 4 is 0 Å². The minimum absolute atomic E-state index is 1.32. The molecule has 0 rings (SSSR count). The van der Waals surface area contributed by atoms with E-state index in [1.54, 1.807) is 5.57 Å². The van der Waals surface area contributed by atoms with Gasteiger partial charge in [-0.15, -0.1) is 0 Å². The van der Waals surface area contributed by atoms with Crippen molar-refractivity contribution in [3.05, 3.63) is 11.6 Å². The Morgan fingerprint density at radius 1 is 0.688 bits per heavy atom. The largest absolute Gasteiger partial charge is 0.0853 e. The maximum atomic E-state index is 2.54. The molecule has 0 aromatic carbocycles. The Kier molecular flexibility index (Phi) is 12.6. The summed E-state index contributed by atoms with van der Waals surface area (Å²) in [5.74, 6) is 0. The monoisotopic (exact) mass is 224 g/mol. The van der Waals surface area contributed by atoms with E-state index in [1.807, 2.05) is 0 Å². The SMILES string of the molecule is CCCCC/C=C(\CCCC)CCCCC. The molecule has 0 aromatic rings. The highest BCUT2D eigenvalue weighted by molar-refractivity contribution is 5.01. The van der Waals surface area contributed by atoms with Crippen molar-refractivity contribution in [3.63, 3.8) is 0 Å². The van der Waals surface area contributed by atoms with Crippen LogP contribution in [0.2, 0.25) is 0 Å². The molecule has 0 aliphatic heterocycles. The van der Waals surface area contributed by atoms with Gasteiger partial charge in [-0.2, -0.15) is 0 Å². The van der Waals surface area contributed by atoms with Crippen LogP contribution in [0.5, 0.6) is 0 Å². The van der Waals surface area contributed by atoms with E-state index >= 15 is 0 Å². The van der Waals surface area contributed by atoms with Gasteiger partial charge in [-0.05, 0) is 38.5 Å². The molecule has 0 N–H and O–H groups in total. The van der Waals surface area contributed by atoms with E-state index in [0.717, 1.165) is 0 Å². The maximum Gasteiger partial charge on any atom is -0.0320 e. The number of hydrogen-bond donors (Lipinski definition) is 0. The molecule has 0 nitrogen and oxygen atoms in total. The summed E-state index contributed by atoms with van der Waals surface area (Å²) < 4.78 is 0. The van der Waals surface area contributed by atoms with Crippen molar-refractivity contribution < 1.29 is 0 Å². The van der Waals surface area contributed by atoms with Gasteiger partial charge in [0.25, 0.3) is 0 Å². The molecule has 0 atom stereocenters. The Bertz CT molecular complexity index is 155. The second-order valence-electron chi connectivity index (χ2n) is 4.92. The lowest BCUT2D eigenvalue weighted by atomic mass is 10.00. The summed E-state index contributed by atoms with van der Waals surface area (Å²) in [7, 11) is 0. The minimum atomic E-state index is 1.32. The third kappa shape index (κ3) is 10.3. The van der Waals surface area contributed by atoms with E-state index in [4.69, 9.17) is 0 Å². The highest BCUT2D eigenvalue weighted by Crippen LogP contribution is 2.17. The highest BCUT2D eigenvalue weighted by atomic mass is 14.0. The van der Waals surface area contributed by atoms with Gasteiger partial charge in [0, 0.05) is 0 Å². The van der Waals surface area contributed by atoms with Gasteiger partial charge < -0.3 is 0 Å². The van der Waals surface area contributed by atoms with E-state index in [0.29, 0.717) is 0 Å². The molecule has 0 heterocycles. The minimum Gasteiger partial charge on any atom is -0.0853 e. The predicted octanol–water partition coefficient (Wildman–Crippen LogP) is 6.26. The van der Waals surface area contributed by atoms with Crippen LogP contribution in [0.25, 0.3) is 0 Å². The summed E-state index contributed by atoms with van der Waals surface area (Å²) in [6, 6.07) is 0. The number of unbranched alkanes of at least 4 members (excludes halogenated alkanes) is 6. The first-order chi connectivity index (χ1) is 7.85. The van der Waals surface area contributed by atoms with Crippen molar-refractivity contribution in [2.75, 3.05) is 0 Å². The molecule has 0 fully saturated rings. The molecule has 0 aliphatic carbocycles. The first-order valence-electron chi connectivity index (χ1n) is 7.53. The maximum absolute atomic E-state index is 2.54. The summed E-state index contributed by atoms with van der Waals surface area (Å²) in [4.78, 5) is 0. The Balaban J connectivity index is 3.77. The van der Waals surface area contributed by atoms with Crippen molar-refractivity contribution in [2.24, 2.45) is 0 Å². The molecule has 0 bridgehead atoms. The highest BCUT2D eigenvalue weighted by Gasteiger charge is 1.97. The van der Waals surface area contributed by atoms with Crippen LogP contribution in [0.4, 0.5) is 0 Å². The van der Waals surface area contributed by atoms with E-state index in [2.05, 4.69) is 26.8 Å². The Morgan fingerprint density at radius 3 is 1.88 bits per heavy atom. The zero-order valence-electron chi connectivity index (χ0n) is 11.9. The van der Waals surface area contributed by atoms with Gasteiger partial charge in [-0.25, -0.2) is 0 Å².